The minimum Gasteiger partial charge on any atom is -0.456 e. The van der Waals surface area contributed by atoms with E-state index in [0.717, 1.165) is 47.2 Å². The molecule has 1 spiro atoms. The number of benzene rings is 3. The van der Waals surface area contributed by atoms with Gasteiger partial charge in [-0.15, -0.1) is 0 Å². The number of nitrogen functional groups attached to an aromatic ring is 1. The first-order valence-electron chi connectivity index (χ1n) is 11.4. The molecule has 34 heavy (non-hydrogen) atoms. The number of hydrogen-bond donors (Lipinski definition) is 1. The third-order valence-corrected chi connectivity index (χ3v) is 6.71. The Kier molecular flexibility index (Phi) is 5.12. The van der Waals surface area contributed by atoms with Gasteiger partial charge in [0.15, 0.2) is 6.29 Å². The Hall–Kier alpha value is -4.13. The SMILES string of the molecule is CCN(CC)c1cc2c(cc1C)C1(c3ccc(N)cc3O2)c2ccccc2C(=O)N1/N=C/C=O. The van der Waals surface area contributed by atoms with E-state index >= 15 is 0 Å². The van der Waals surface area contributed by atoms with Crippen LogP contribution in [0, 0.1) is 6.92 Å². The van der Waals surface area contributed by atoms with Gasteiger partial charge in [-0.25, -0.2) is 5.01 Å². The maximum absolute atomic E-state index is 13.6. The molecule has 0 fully saturated rings. The van der Waals surface area contributed by atoms with Crippen molar-refractivity contribution < 1.29 is 14.3 Å². The quantitative estimate of drug-likeness (QED) is 0.349. The minimum absolute atomic E-state index is 0.283. The minimum atomic E-state index is -1.10. The summed E-state index contributed by atoms with van der Waals surface area (Å²) in [6.45, 7) is 7.98. The molecule has 0 aliphatic carbocycles. The number of nitrogens with zero attached hydrogens (tertiary/aromatic N) is 3. The molecule has 0 saturated heterocycles. The van der Waals surface area contributed by atoms with Crippen LogP contribution in [0.1, 0.15) is 46.5 Å². The van der Waals surface area contributed by atoms with Gasteiger partial charge in [0.25, 0.3) is 5.91 Å². The van der Waals surface area contributed by atoms with Crippen LogP contribution in [0.4, 0.5) is 11.4 Å². The van der Waals surface area contributed by atoms with Gasteiger partial charge in [-0.3, -0.25) is 9.59 Å². The molecule has 5 rings (SSSR count). The van der Waals surface area contributed by atoms with E-state index in [4.69, 9.17) is 10.5 Å². The number of hydrazone groups is 1. The molecule has 1 amide bonds. The van der Waals surface area contributed by atoms with Crippen molar-refractivity contribution in [3.8, 4) is 11.5 Å². The van der Waals surface area contributed by atoms with Gasteiger partial charge in [0.05, 0.1) is 6.21 Å². The van der Waals surface area contributed by atoms with Crippen molar-refractivity contribution in [2.45, 2.75) is 26.3 Å². The predicted octanol–water partition coefficient (Wildman–Crippen LogP) is 4.46. The van der Waals surface area contributed by atoms with Crippen molar-refractivity contribution in [2.24, 2.45) is 5.10 Å². The van der Waals surface area contributed by atoms with Crippen molar-refractivity contribution in [2.75, 3.05) is 23.7 Å². The summed E-state index contributed by atoms with van der Waals surface area (Å²) in [6.07, 6.45) is 1.68. The zero-order valence-corrected chi connectivity index (χ0v) is 19.4. The largest absolute Gasteiger partial charge is 0.456 e. The molecule has 3 aromatic carbocycles. The Morgan fingerprint density at radius 3 is 2.50 bits per heavy atom. The molecule has 1 atom stereocenters. The molecule has 0 bridgehead atoms. The maximum Gasteiger partial charge on any atom is 0.275 e. The second kappa shape index (κ2) is 8.02. The van der Waals surface area contributed by atoms with E-state index < -0.39 is 5.54 Å². The topological polar surface area (TPSA) is 88.2 Å². The fourth-order valence-corrected chi connectivity index (χ4v) is 5.25. The van der Waals surface area contributed by atoms with Crippen molar-refractivity contribution >= 4 is 29.8 Å². The van der Waals surface area contributed by atoms with Crippen LogP contribution in [-0.2, 0) is 10.3 Å². The Labute approximate surface area is 198 Å². The lowest BCUT2D eigenvalue weighted by Gasteiger charge is -2.42. The van der Waals surface area contributed by atoms with Gasteiger partial charge in [-0.2, -0.15) is 5.10 Å². The highest BCUT2D eigenvalue weighted by molar-refractivity contribution is 6.13. The smallest absolute Gasteiger partial charge is 0.275 e. The number of nitrogens with two attached hydrogens (primary N) is 1. The lowest BCUT2D eigenvalue weighted by atomic mass is 9.74. The Morgan fingerprint density at radius 1 is 1.03 bits per heavy atom. The number of anilines is 2. The third kappa shape index (κ3) is 2.86. The van der Waals surface area contributed by atoms with Crippen molar-refractivity contribution in [3.63, 3.8) is 0 Å². The summed E-state index contributed by atoms with van der Waals surface area (Å²) in [7, 11) is 0. The van der Waals surface area contributed by atoms with Crippen LogP contribution < -0.4 is 15.4 Å². The Balaban J connectivity index is 1.91. The van der Waals surface area contributed by atoms with Gasteiger partial charge in [0, 0.05) is 58.9 Å². The Bertz CT molecular complexity index is 1350. The molecule has 1 unspecified atom stereocenters. The van der Waals surface area contributed by atoms with Gasteiger partial charge in [-0.05, 0) is 44.5 Å². The first kappa shape index (κ1) is 21.7. The average molecular weight is 455 g/mol. The van der Waals surface area contributed by atoms with Crippen LogP contribution in [0.5, 0.6) is 11.5 Å². The van der Waals surface area contributed by atoms with Crippen molar-refractivity contribution in [3.05, 3.63) is 82.4 Å². The van der Waals surface area contributed by atoms with Crippen LogP contribution >= 0.6 is 0 Å². The van der Waals surface area contributed by atoms with Crippen LogP contribution in [0.3, 0.4) is 0 Å². The van der Waals surface area contributed by atoms with Crippen molar-refractivity contribution in [1.29, 1.82) is 0 Å². The lowest BCUT2D eigenvalue weighted by Crippen LogP contribution is -2.44. The average Bonchev–Trinajstić information content (AvgIpc) is 3.08. The molecule has 0 saturated carbocycles. The summed E-state index contributed by atoms with van der Waals surface area (Å²) in [6, 6.07) is 17.0. The highest BCUT2D eigenvalue weighted by atomic mass is 16.5. The monoisotopic (exact) mass is 454 g/mol. The van der Waals surface area contributed by atoms with E-state index in [9.17, 15) is 9.59 Å². The van der Waals surface area contributed by atoms with Crippen LogP contribution in [-0.4, -0.2) is 36.5 Å². The van der Waals surface area contributed by atoms with E-state index in [1.54, 1.807) is 18.2 Å². The van der Waals surface area contributed by atoms with Crippen LogP contribution in [0.15, 0.2) is 59.7 Å². The number of carbonyl (C=O) groups is 2. The number of aryl methyl sites for hydroxylation is 1. The first-order chi connectivity index (χ1) is 16.5. The highest BCUT2D eigenvalue weighted by Crippen LogP contribution is 2.58. The molecule has 0 radical (unpaired) electrons. The van der Waals surface area contributed by atoms with E-state index in [2.05, 4.69) is 36.8 Å². The summed E-state index contributed by atoms with van der Waals surface area (Å²) in [4.78, 5) is 27.2. The van der Waals surface area contributed by atoms with E-state index in [1.165, 1.54) is 5.01 Å². The molecule has 0 aromatic heterocycles. The van der Waals surface area contributed by atoms with Crippen LogP contribution in [0.25, 0.3) is 0 Å². The zero-order valence-electron chi connectivity index (χ0n) is 19.4. The standard InChI is InChI=1S/C27H26N4O3/c1-4-30(5-2)23-16-25-22(14-17(23)3)27(21-11-10-18(28)15-24(21)34-25)20-9-7-6-8-19(20)26(33)31(27)29-12-13-32/h6-16H,4-5,28H2,1-3H3/b29-12+. The fraction of sp³-hybridized carbons (Fsp3) is 0.222. The Morgan fingerprint density at radius 2 is 1.76 bits per heavy atom. The second-order valence-corrected chi connectivity index (χ2v) is 8.44. The number of hydrogen-bond acceptors (Lipinski definition) is 6. The number of carbonyl (C=O) groups excluding carboxylic acids is 2. The molecule has 3 aromatic rings. The molecule has 2 heterocycles. The lowest BCUT2D eigenvalue weighted by molar-refractivity contribution is -0.102. The molecule has 2 aliphatic rings. The summed E-state index contributed by atoms with van der Waals surface area (Å²) < 4.78 is 6.42. The van der Waals surface area contributed by atoms with Gasteiger partial charge in [-0.1, -0.05) is 24.3 Å². The molecule has 2 aliphatic heterocycles. The zero-order chi connectivity index (χ0) is 24.0. The third-order valence-electron chi connectivity index (χ3n) is 6.71. The van der Waals surface area contributed by atoms with Gasteiger partial charge >= 0.3 is 0 Å². The molecular weight excluding hydrogens is 428 g/mol. The van der Waals surface area contributed by atoms with E-state index in [1.807, 2.05) is 30.3 Å². The van der Waals surface area contributed by atoms with Gasteiger partial charge in [0.1, 0.15) is 17.0 Å². The number of aldehydes is 1. The van der Waals surface area contributed by atoms with E-state index in [0.29, 0.717) is 29.0 Å². The molecule has 172 valence electrons. The molecule has 7 heteroatoms. The number of rotatable bonds is 5. The second-order valence-electron chi connectivity index (χ2n) is 8.44. The normalized spacial score (nSPS) is 18.0. The molecule has 7 nitrogen and oxygen atoms in total. The first-order valence-corrected chi connectivity index (χ1v) is 11.4. The summed E-state index contributed by atoms with van der Waals surface area (Å²) in [5, 5.41) is 5.75. The highest BCUT2D eigenvalue weighted by Gasteiger charge is 2.57. The maximum atomic E-state index is 13.6. The molecular formula is C27H26N4O3. The summed E-state index contributed by atoms with van der Waals surface area (Å²) in [5.74, 6) is 0.897. The van der Waals surface area contributed by atoms with Gasteiger partial charge < -0.3 is 15.4 Å². The summed E-state index contributed by atoms with van der Waals surface area (Å²) >= 11 is 0. The molecule has 2 N–H and O–H groups in total. The fourth-order valence-electron chi connectivity index (χ4n) is 5.25. The van der Waals surface area contributed by atoms with Gasteiger partial charge in [0.2, 0.25) is 0 Å². The van der Waals surface area contributed by atoms with E-state index in [-0.39, 0.29) is 5.91 Å². The summed E-state index contributed by atoms with van der Waals surface area (Å²) in [5.41, 5.74) is 10.5. The number of amides is 1. The predicted molar refractivity (Wildman–Crippen MR) is 133 cm³/mol. The number of ether oxygens (including phenoxy) is 1. The van der Waals surface area contributed by atoms with Crippen molar-refractivity contribution in [1.82, 2.24) is 5.01 Å². The van der Waals surface area contributed by atoms with Crippen LogP contribution in [0.2, 0.25) is 0 Å². The number of fused-ring (bicyclic) bond motifs is 6.